The van der Waals surface area contributed by atoms with E-state index in [0.717, 1.165) is 31.2 Å². The molecule has 0 N–H and O–H groups in total. The highest BCUT2D eigenvalue weighted by molar-refractivity contribution is 6.03. The molecule has 2 aliphatic rings. The zero-order valence-corrected chi connectivity index (χ0v) is 20.3. The highest BCUT2D eigenvalue weighted by Crippen LogP contribution is 2.38. The molecule has 186 valence electrons. The Balaban J connectivity index is 1.64. The van der Waals surface area contributed by atoms with Gasteiger partial charge < -0.3 is 14.4 Å². The van der Waals surface area contributed by atoms with Crippen molar-refractivity contribution in [1.29, 1.82) is 0 Å². The fourth-order valence-corrected chi connectivity index (χ4v) is 4.92. The Kier molecular flexibility index (Phi) is 8.13. The molecule has 1 heterocycles. The fourth-order valence-electron chi connectivity index (χ4n) is 4.92. The Morgan fingerprint density at radius 3 is 2.51 bits per heavy atom. The number of hydrogen-bond donors (Lipinski definition) is 0. The van der Waals surface area contributed by atoms with Crippen molar-refractivity contribution in [2.45, 2.75) is 38.1 Å². The molecule has 1 fully saturated rings. The Labute approximate surface area is 205 Å². The van der Waals surface area contributed by atoms with Gasteiger partial charge in [-0.05, 0) is 25.0 Å². The third kappa shape index (κ3) is 5.53. The molecule has 0 aromatic heterocycles. The second-order valence-electron chi connectivity index (χ2n) is 8.96. The van der Waals surface area contributed by atoms with Gasteiger partial charge in [-0.2, -0.15) is 5.10 Å². The fraction of sp³-hybridized carbons (Fsp3) is 0.444. The van der Waals surface area contributed by atoms with E-state index < -0.39 is 11.9 Å². The van der Waals surface area contributed by atoms with Crippen LogP contribution in [0, 0.1) is 11.7 Å². The maximum atomic E-state index is 14.6. The third-order valence-corrected chi connectivity index (χ3v) is 6.76. The van der Waals surface area contributed by atoms with Crippen LogP contribution in [0.2, 0.25) is 0 Å². The predicted octanol–water partition coefficient (Wildman–Crippen LogP) is 4.18. The van der Waals surface area contributed by atoms with Crippen molar-refractivity contribution in [3.05, 3.63) is 65.5 Å². The van der Waals surface area contributed by atoms with Crippen LogP contribution in [0.1, 0.15) is 49.3 Å². The van der Waals surface area contributed by atoms with Crippen LogP contribution in [0.3, 0.4) is 0 Å². The Bertz CT molecular complexity index is 1080. The quantitative estimate of drug-likeness (QED) is 0.539. The van der Waals surface area contributed by atoms with Gasteiger partial charge in [-0.25, -0.2) is 9.40 Å². The van der Waals surface area contributed by atoms with Crippen LogP contribution in [-0.4, -0.2) is 61.4 Å². The molecule has 1 aliphatic carbocycles. The van der Waals surface area contributed by atoms with E-state index in [1.807, 2.05) is 24.3 Å². The average Bonchev–Trinajstić information content (AvgIpc) is 3.57. The number of hydrogen-bond acceptors (Lipinski definition) is 5. The van der Waals surface area contributed by atoms with Gasteiger partial charge in [-0.15, -0.1) is 0 Å². The lowest BCUT2D eigenvalue weighted by Crippen LogP contribution is -2.44. The molecule has 35 heavy (non-hydrogen) atoms. The largest absolute Gasteiger partial charge is 0.496 e. The molecule has 0 spiro atoms. The molecule has 0 saturated heterocycles. The van der Waals surface area contributed by atoms with E-state index in [1.165, 1.54) is 11.1 Å². The zero-order valence-electron chi connectivity index (χ0n) is 20.3. The van der Waals surface area contributed by atoms with Crippen molar-refractivity contribution in [3.63, 3.8) is 0 Å². The number of amides is 2. The molecular formula is C27H32FN3O4. The molecular weight excluding hydrogens is 449 g/mol. The van der Waals surface area contributed by atoms with Crippen molar-refractivity contribution in [2.75, 3.05) is 33.9 Å². The van der Waals surface area contributed by atoms with Gasteiger partial charge in [0.2, 0.25) is 5.91 Å². The van der Waals surface area contributed by atoms with Crippen LogP contribution in [0.4, 0.5) is 4.39 Å². The number of nitrogens with zero attached hydrogens (tertiary/aromatic N) is 3. The molecule has 2 amide bonds. The number of para-hydroxylation sites is 1. The van der Waals surface area contributed by atoms with Crippen LogP contribution >= 0.6 is 0 Å². The molecule has 0 bridgehead atoms. The highest BCUT2D eigenvalue weighted by Gasteiger charge is 2.37. The standard InChI is InChI=1S/C27H32FN3O4/c1-34-16-15-30(27(33)19-9-3-4-10-19)18-26(32)31-24(21-12-6-8-14-25(21)35-2)17-23(29-31)20-11-5-7-13-22(20)28/h5-8,11-14,19,24H,3-4,9-10,15-18H2,1-2H3/t24-/m0/s1. The lowest BCUT2D eigenvalue weighted by Gasteiger charge is -2.29. The molecule has 2 aromatic rings. The number of carbonyl (C=O) groups excluding carboxylic acids is 2. The molecule has 1 atom stereocenters. The van der Waals surface area contributed by atoms with Crippen molar-refractivity contribution in [1.82, 2.24) is 9.91 Å². The monoisotopic (exact) mass is 481 g/mol. The SMILES string of the molecule is COCCN(CC(=O)N1N=C(c2ccccc2F)C[C@H]1c1ccccc1OC)C(=O)C1CCCC1. The number of rotatable bonds is 9. The van der Waals surface area contributed by atoms with Crippen molar-refractivity contribution < 1.29 is 23.5 Å². The lowest BCUT2D eigenvalue weighted by molar-refractivity contribution is -0.144. The van der Waals surface area contributed by atoms with Crippen LogP contribution in [0.25, 0.3) is 0 Å². The van der Waals surface area contributed by atoms with Crippen LogP contribution in [0.15, 0.2) is 53.6 Å². The number of methoxy groups -OCH3 is 2. The van der Waals surface area contributed by atoms with Gasteiger partial charge in [0.25, 0.3) is 5.91 Å². The number of benzene rings is 2. The molecule has 7 nitrogen and oxygen atoms in total. The van der Waals surface area contributed by atoms with Gasteiger partial charge >= 0.3 is 0 Å². The van der Waals surface area contributed by atoms with Gasteiger partial charge in [0, 0.05) is 37.1 Å². The Morgan fingerprint density at radius 1 is 1.09 bits per heavy atom. The summed E-state index contributed by atoms with van der Waals surface area (Å²) in [5, 5.41) is 5.97. The number of halogens is 1. The van der Waals surface area contributed by atoms with E-state index in [1.54, 1.807) is 37.3 Å². The minimum Gasteiger partial charge on any atom is -0.496 e. The summed E-state index contributed by atoms with van der Waals surface area (Å²) in [6.45, 7) is 0.554. The van der Waals surface area contributed by atoms with Crippen LogP contribution < -0.4 is 4.74 Å². The van der Waals surface area contributed by atoms with E-state index in [9.17, 15) is 14.0 Å². The van der Waals surface area contributed by atoms with E-state index in [0.29, 0.717) is 36.6 Å². The lowest BCUT2D eigenvalue weighted by atomic mass is 9.97. The normalized spacial score (nSPS) is 18.0. The van der Waals surface area contributed by atoms with Gasteiger partial charge in [0.05, 0.1) is 25.5 Å². The van der Waals surface area contributed by atoms with Gasteiger partial charge in [-0.3, -0.25) is 9.59 Å². The minimum absolute atomic E-state index is 0.0146. The summed E-state index contributed by atoms with van der Waals surface area (Å²) in [5.74, 6) is -0.161. The summed E-state index contributed by atoms with van der Waals surface area (Å²) in [7, 11) is 3.15. The van der Waals surface area contributed by atoms with Gasteiger partial charge in [0.15, 0.2) is 0 Å². The maximum Gasteiger partial charge on any atom is 0.262 e. The summed E-state index contributed by atoms with van der Waals surface area (Å²) in [6.07, 6.45) is 4.09. The molecule has 4 rings (SSSR count). The number of ether oxygens (including phenoxy) is 2. The van der Waals surface area contributed by atoms with Crippen LogP contribution in [-0.2, 0) is 14.3 Å². The summed E-state index contributed by atoms with van der Waals surface area (Å²) in [4.78, 5) is 28.4. The molecule has 8 heteroatoms. The Morgan fingerprint density at radius 2 is 1.80 bits per heavy atom. The first-order valence-electron chi connectivity index (χ1n) is 12.1. The van der Waals surface area contributed by atoms with E-state index in [2.05, 4.69) is 5.10 Å². The van der Waals surface area contributed by atoms with E-state index >= 15 is 0 Å². The molecule has 0 radical (unpaired) electrons. The summed E-state index contributed by atoms with van der Waals surface area (Å²) in [5.41, 5.74) is 1.63. The Hall–Kier alpha value is -3.26. The van der Waals surface area contributed by atoms with Gasteiger partial charge in [-0.1, -0.05) is 49.2 Å². The average molecular weight is 482 g/mol. The second kappa shape index (κ2) is 11.4. The first-order chi connectivity index (χ1) is 17.0. The smallest absolute Gasteiger partial charge is 0.262 e. The highest BCUT2D eigenvalue weighted by atomic mass is 19.1. The van der Waals surface area contributed by atoms with Gasteiger partial charge in [0.1, 0.15) is 18.1 Å². The molecule has 1 saturated carbocycles. The maximum absolute atomic E-state index is 14.6. The zero-order chi connectivity index (χ0) is 24.8. The first kappa shape index (κ1) is 24.9. The minimum atomic E-state index is -0.473. The predicted molar refractivity (Wildman–Crippen MR) is 131 cm³/mol. The topological polar surface area (TPSA) is 71.4 Å². The van der Waals surface area contributed by atoms with E-state index in [-0.39, 0.29) is 24.3 Å². The van der Waals surface area contributed by atoms with E-state index in [4.69, 9.17) is 9.47 Å². The molecule has 2 aromatic carbocycles. The van der Waals surface area contributed by atoms with Crippen molar-refractivity contribution in [2.24, 2.45) is 11.0 Å². The number of hydrazone groups is 1. The summed E-state index contributed by atoms with van der Waals surface area (Å²) in [6, 6.07) is 13.4. The second-order valence-corrected chi connectivity index (χ2v) is 8.96. The summed E-state index contributed by atoms with van der Waals surface area (Å²) < 4.78 is 25.3. The molecule has 1 aliphatic heterocycles. The summed E-state index contributed by atoms with van der Waals surface area (Å²) >= 11 is 0. The van der Waals surface area contributed by atoms with Crippen LogP contribution in [0.5, 0.6) is 5.75 Å². The van der Waals surface area contributed by atoms with Crippen molar-refractivity contribution >= 4 is 17.5 Å². The molecule has 0 unspecified atom stereocenters. The first-order valence-corrected chi connectivity index (χ1v) is 12.1. The third-order valence-electron chi connectivity index (χ3n) is 6.76. The van der Waals surface area contributed by atoms with Crippen molar-refractivity contribution in [3.8, 4) is 5.75 Å². The number of carbonyl (C=O) groups is 2.